The number of likely N-dealkylation sites (tertiary alicyclic amines) is 1. The number of methoxy groups -OCH3 is 1. The SMILES string of the molecule is COc1ccc(Cn2cc(CCCCNC3CCN(C(=O)C=Cc4ccc(C(F)(F)F)cc4Cn4nnc(C)n4)CC3)nn2)cc1. The highest BCUT2D eigenvalue weighted by molar-refractivity contribution is 5.92. The van der Waals surface area contributed by atoms with E-state index in [4.69, 9.17) is 4.74 Å². The fraction of sp³-hybridized carbons (Fsp3) is 0.438. The third-order valence-corrected chi connectivity index (χ3v) is 7.93. The van der Waals surface area contributed by atoms with Crippen molar-refractivity contribution in [3.05, 3.63) is 88.5 Å². The van der Waals surface area contributed by atoms with Gasteiger partial charge in [0.25, 0.3) is 0 Å². The Balaban J connectivity index is 1.03. The van der Waals surface area contributed by atoms with Crippen LogP contribution >= 0.6 is 0 Å². The number of aryl methyl sites for hydroxylation is 2. The quantitative estimate of drug-likeness (QED) is 0.170. The minimum atomic E-state index is -4.49. The van der Waals surface area contributed by atoms with E-state index in [-0.39, 0.29) is 12.5 Å². The summed E-state index contributed by atoms with van der Waals surface area (Å²) < 4.78 is 47.1. The highest BCUT2D eigenvalue weighted by Gasteiger charge is 2.31. The molecule has 0 unspecified atom stereocenters. The van der Waals surface area contributed by atoms with Crippen molar-refractivity contribution in [3.8, 4) is 5.75 Å². The van der Waals surface area contributed by atoms with Gasteiger partial charge in [-0.25, -0.2) is 4.68 Å². The van der Waals surface area contributed by atoms with Crippen LogP contribution < -0.4 is 10.1 Å². The van der Waals surface area contributed by atoms with Gasteiger partial charge in [-0.05, 0) is 97.8 Å². The zero-order valence-corrected chi connectivity index (χ0v) is 26.0. The number of piperidine rings is 1. The summed E-state index contributed by atoms with van der Waals surface area (Å²) in [6, 6.07) is 11.7. The Kier molecular flexibility index (Phi) is 10.8. The Bertz CT molecular complexity index is 1610. The smallest absolute Gasteiger partial charge is 0.416 e. The average Bonchev–Trinajstić information content (AvgIpc) is 3.68. The van der Waals surface area contributed by atoms with Gasteiger partial charge < -0.3 is 15.0 Å². The van der Waals surface area contributed by atoms with Crippen LogP contribution in [-0.2, 0) is 30.5 Å². The molecule has 0 radical (unpaired) electrons. The van der Waals surface area contributed by atoms with E-state index >= 15 is 0 Å². The van der Waals surface area contributed by atoms with Gasteiger partial charge in [0, 0.05) is 31.4 Å². The molecule has 46 heavy (non-hydrogen) atoms. The maximum Gasteiger partial charge on any atom is 0.416 e. The highest BCUT2D eigenvalue weighted by atomic mass is 19.4. The van der Waals surface area contributed by atoms with Gasteiger partial charge in [0.2, 0.25) is 5.91 Å². The first kappa shape index (κ1) is 32.8. The Labute approximate surface area is 265 Å². The van der Waals surface area contributed by atoms with Gasteiger partial charge in [0.1, 0.15) is 5.75 Å². The number of carbonyl (C=O) groups excluding carboxylic acids is 1. The first-order valence-electron chi connectivity index (χ1n) is 15.3. The molecule has 2 aromatic heterocycles. The second kappa shape index (κ2) is 15.1. The van der Waals surface area contributed by atoms with Crippen LogP contribution in [0, 0.1) is 6.92 Å². The largest absolute Gasteiger partial charge is 0.497 e. The van der Waals surface area contributed by atoms with Gasteiger partial charge in [0.05, 0.1) is 31.5 Å². The van der Waals surface area contributed by atoms with Crippen LogP contribution in [-0.4, -0.2) is 78.8 Å². The number of amides is 1. The number of unbranched alkanes of at least 4 members (excludes halogenated alkanes) is 1. The maximum atomic E-state index is 13.4. The van der Waals surface area contributed by atoms with Gasteiger partial charge in [0.15, 0.2) is 5.82 Å². The van der Waals surface area contributed by atoms with Crippen molar-refractivity contribution < 1.29 is 22.7 Å². The molecule has 0 spiro atoms. The van der Waals surface area contributed by atoms with Crippen LogP contribution in [0.15, 0.2) is 54.7 Å². The topological polar surface area (TPSA) is 116 Å². The number of ether oxygens (including phenoxy) is 1. The lowest BCUT2D eigenvalue weighted by Crippen LogP contribution is -2.44. The second-order valence-corrected chi connectivity index (χ2v) is 11.4. The Hall–Kier alpha value is -4.59. The van der Waals surface area contributed by atoms with Crippen LogP contribution in [0.25, 0.3) is 6.08 Å². The van der Waals surface area contributed by atoms with Gasteiger partial charge >= 0.3 is 6.18 Å². The van der Waals surface area contributed by atoms with Crippen LogP contribution in [0.3, 0.4) is 0 Å². The molecule has 0 saturated carbocycles. The normalized spacial score (nSPS) is 14.3. The molecule has 1 amide bonds. The standard InChI is InChI=1S/C32H38F3N9O2/c1-23-37-41-44(39-23)21-26-19-27(32(33,34)35)10-8-25(26)9-13-31(45)42-17-14-28(15-18-42)36-16-4-3-5-29-22-43(40-38-29)20-24-6-11-30(46-2)12-7-24/h6-13,19,22,28,36H,3-5,14-18,20-21H2,1-2H3. The highest BCUT2D eigenvalue weighted by Crippen LogP contribution is 2.31. The molecule has 1 fully saturated rings. The molecule has 2 aromatic carbocycles. The maximum absolute atomic E-state index is 13.4. The van der Waals surface area contributed by atoms with Crippen molar-refractivity contribution in [2.24, 2.45) is 0 Å². The number of nitrogens with one attached hydrogen (secondary N) is 1. The molecule has 0 bridgehead atoms. The molecular weight excluding hydrogens is 599 g/mol. The number of hydrogen-bond donors (Lipinski definition) is 1. The van der Waals surface area contributed by atoms with Gasteiger partial charge in [-0.15, -0.1) is 15.3 Å². The van der Waals surface area contributed by atoms with E-state index in [1.165, 1.54) is 16.9 Å². The number of rotatable bonds is 13. The summed E-state index contributed by atoms with van der Waals surface area (Å²) in [5.41, 5.74) is 2.17. The number of halogens is 3. The number of tetrazole rings is 1. The van der Waals surface area contributed by atoms with Crippen LogP contribution in [0.4, 0.5) is 13.2 Å². The second-order valence-electron chi connectivity index (χ2n) is 11.4. The molecule has 1 aliphatic heterocycles. The summed E-state index contributed by atoms with van der Waals surface area (Å²) in [4.78, 5) is 15.9. The van der Waals surface area contributed by atoms with E-state index in [0.717, 1.165) is 67.8 Å². The minimum Gasteiger partial charge on any atom is -0.497 e. The first-order valence-corrected chi connectivity index (χ1v) is 15.3. The van der Waals surface area contributed by atoms with Gasteiger partial charge in [-0.2, -0.15) is 18.0 Å². The number of alkyl halides is 3. The lowest BCUT2D eigenvalue weighted by atomic mass is 10.0. The Morgan fingerprint density at radius 1 is 1.04 bits per heavy atom. The molecule has 0 atom stereocenters. The van der Waals surface area contributed by atoms with Crippen molar-refractivity contribution in [1.29, 1.82) is 0 Å². The molecule has 14 heteroatoms. The molecule has 0 aliphatic carbocycles. The average molecular weight is 638 g/mol. The van der Waals surface area contributed by atoms with E-state index < -0.39 is 11.7 Å². The van der Waals surface area contributed by atoms with E-state index in [0.29, 0.717) is 42.6 Å². The molecule has 11 nitrogen and oxygen atoms in total. The van der Waals surface area contributed by atoms with E-state index in [1.807, 2.05) is 35.1 Å². The molecule has 4 aromatic rings. The van der Waals surface area contributed by atoms with Crippen LogP contribution in [0.5, 0.6) is 5.75 Å². The number of carbonyl (C=O) groups is 1. The zero-order chi connectivity index (χ0) is 32.5. The van der Waals surface area contributed by atoms with E-state index in [1.54, 1.807) is 25.0 Å². The molecule has 5 rings (SSSR count). The molecular formula is C32H38F3N9O2. The summed E-state index contributed by atoms with van der Waals surface area (Å²) in [5, 5.41) is 23.9. The number of nitrogens with zero attached hydrogens (tertiary/aromatic N) is 8. The van der Waals surface area contributed by atoms with Crippen molar-refractivity contribution >= 4 is 12.0 Å². The van der Waals surface area contributed by atoms with Crippen molar-refractivity contribution in [1.82, 2.24) is 45.4 Å². The lowest BCUT2D eigenvalue weighted by molar-refractivity contribution is -0.137. The Morgan fingerprint density at radius 2 is 1.83 bits per heavy atom. The fourth-order valence-electron chi connectivity index (χ4n) is 5.38. The molecule has 1 saturated heterocycles. The predicted molar refractivity (Wildman–Crippen MR) is 165 cm³/mol. The number of aromatic nitrogens is 7. The molecule has 1 aliphatic rings. The number of hydrogen-bond acceptors (Lipinski definition) is 8. The lowest BCUT2D eigenvalue weighted by Gasteiger charge is -2.32. The van der Waals surface area contributed by atoms with E-state index in [2.05, 4.69) is 31.0 Å². The monoisotopic (exact) mass is 637 g/mol. The Morgan fingerprint density at radius 3 is 2.52 bits per heavy atom. The third-order valence-electron chi connectivity index (χ3n) is 7.93. The first-order chi connectivity index (χ1) is 22.2. The van der Waals surface area contributed by atoms with Gasteiger partial charge in [-0.1, -0.05) is 23.4 Å². The van der Waals surface area contributed by atoms with E-state index in [9.17, 15) is 18.0 Å². The molecule has 3 heterocycles. The third kappa shape index (κ3) is 9.22. The van der Waals surface area contributed by atoms with Crippen molar-refractivity contribution in [3.63, 3.8) is 0 Å². The summed E-state index contributed by atoms with van der Waals surface area (Å²) in [5.74, 6) is 1.07. The van der Waals surface area contributed by atoms with Crippen LogP contribution in [0.1, 0.15) is 59.5 Å². The van der Waals surface area contributed by atoms with Crippen LogP contribution in [0.2, 0.25) is 0 Å². The fourth-order valence-corrected chi connectivity index (χ4v) is 5.38. The summed E-state index contributed by atoms with van der Waals surface area (Å²) in [7, 11) is 1.65. The summed E-state index contributed by atoms with van der Waals surface area (Å²) in [6.07, 6.45) is 5.02. The molecule has 1 N–H and O–H groups in total. The van der Waals surface area contributed by atoms with Crippen molar-refractivity contribution in [2.45, 2.75) is 64.3 Å². The minimum absolute atomic E-state index is 0.000418. The van der Waals surface area contributed by atoms with Gasteiger partial charge in [-0.3, -0.25) is 4.79 Å². The number of benzene rings is 2. The van der Waals surface area contributed by atoms with Crippen molar-refractivity contribution in [2.75, 3.05) is 26.7 Å². The summed E-state index contributed by atoms with van der Waals surface area (Å²) in [6.45, 7) is 4.42. The molecule has 244 valence electrons. The zero-order valence-electron chi connectivity index (χ0n) is 26.0. The summed E-state index contributed by atoms with van der Waals surface area (Å²) >= 11 is 0. The predicted octanol–water partition coefficient (Wildman–Crippen LogP) is 4.31.